The lowest BCUT2D eigenvalue weighted by molar-refractivity contribution is -0.119. The monoisotopic (exact) mass is 352 g/mol. The molecule has 1 aliphatic heterocycles. The topological polar surface area (TPSA) is 82.6 Å². The summed E-state index contributed by atoms with van der Waals surface area (Å²) in [6, 6.07) is 10.6. The molecule has 3 rings (SSSR count). The number of hydrogen-bond acceptors (Lipinski definition) is 4. The van der Waals surface area contributed by atoms with Crippen LogP contribution in [0.5, 0.6) is 0 Å². The van der Waals surface area contributed by atoms with Crippen LogP contribution in [0.4, 0.5) is 5.69 Å². The Labute approximate surface area is 151 Å². The van der Waals surface area contributed by atoms with Gasteiger partial charge in [0.1, 0.15) is 5.69 Å². The van der Waals surface area contributed by atoms with Crippen LogP contribution < -0.4 is 5.32 Å². The molecule has 0 saturated carbocycles. The average Bonchev–Trinajstić information content (AvgIpc) is 2.69. The molecule has 1 aliphatic rings. The van der Waals surface area contributed by atoms with Gasteiger partial charge in [0.25, 0.3) is 11.8 Å². The Balaban J connectivity index is 1.71. The Bertz CT molecular complexity index is 829. The van der Waals surface area contributed by atoms with Crippen LogP contribution in [0.15, 0.2) is 42.6 Å². The van der Waals surface area contributed by atoms with E-state index in [2.05, 4.69) is 10.3 Å². The Morgan fingerprint density at radius 2 is 1.85 bits per heavy atom. The Kier molecular flexibility index (Phi) is 5.26. The Morgan fingerprint density at radius 1 is 1.12 bits per heavy atom. The summed E-state index contributed by atoms with van der Waals surface area (Å²) in [5.74, 6) is -0.525. The highest BCUT2D eigenvalue weighted by Gasteiger charge is 2.22. The molecule has 2 heterocycles. The molecule has 0 unspecified atom stereocenters. The smallest absolute Gasteiger partial charge is 0.274 e. The molecule has 7 nitrogen and oxygen atoms in total. The molecule has 134 valence electrons. The van der Waals surface area contributed by atoms with Crippen LogP contribution >= 0.6 is 0 Å². The van der Waals surface area contributed by atoms with Gasteiger partial charge in [0.15, 0.2) is 0 Å². The van der Waals surface area contributed by atoms with Gasteiger partial charge in [-0.2, -0.15) is 0 Å². The molecule has 0 aliphatic carbocycles. The van der Waals surface area contributed by atoms with Gasteiger partial charge in [-0.25, -0.2) is 0 Å². The molecule has 1 fully saturated rings. The SMILES string of the molecule is Cc1ccccc1NC(=O)c1cc(C(=O)N2CCN(C=O)CC2)ccn1. The molecule has 1 saturated heterocycles. The molecule has 3 amide bonds. The summed E-state index contributed by atoms with van der Waals surface area (Å²) in [6.45, 7) is 3.89. The summed E-state index contributed by atoms with van der Waals surface area (Å²) in [7, 11) is 0. The summed E-state index contributed by atoms with van der Waals surface area (Å²) in [6.07, 6.45) is 2.25. The lowest BCUT2D eigenvalue weighted by Gasteiger charge is -2.32. The lowest BCUT2D eigenvalue weighted by Crippen LogP contribution is -2.48. The molecule has 0 spiro atoms. The summed E-state index contributed by atoms with van der Waals surface area (Å²) in [5.41, 5.74) is 2.25. The van der Waals surface area contributed by atoms with Crippen molar-refractivity contribution in [2.24, 2.45) is 0 Å². The van der Waals surface area contributed by atoms with Crippen molar-refractivity contribution in [1.29, 1.82) is 0 Å². The van der Waals surface area contributed by atoms with Crippen LogP contribution in [0.2, 0.25) is 0 Å². The highest BCUT2D eigenvalue weighted by molar-refractivity contribution is 6.05. The zero-order chi connectivity index (χ0) is 18.5. The number of pyridine rings is 1. The minimum absolute atomic E-state index is 0.164. The minimum atomic E-state index is -0.361. The molecule has 7 heteroatoms. The number of amides is 3. The van der Waals surface area contributed by atoms with Gasteiger partial charge in [-0.3, -0.25) is 19.4 Å². The van der Waals surface area contributed by atoms with Crippen molar-refractivity contribution in [2.75, 3.05) is 31.5 Å². The molecule has 1 aromatic heterocycles. The fourth-order valence-electron chi connectivity index (χ4n) is 2.80. The molecule has 26 heavy (non-hydrogen) atoms. The molecular formula is C19H20N4O3. The Hall–Kier alpha value is -3.22. The number of aryl methyl sites for hydroxylation is 1. The maximum absolute atomic E-state index is 12.6. The van der Waals surface area contributed by atoms with E-state index in [1.165, 1.54) is 12.3 Å². The van der Waals surface area contributed by atoms with E-state index in [1.807, 2.05) is 31.2 Å². The van der Waals surface area contributed by atoms with Gasteiger partial charge in [0, 0.05) is 43.6 Å². The van der Waals surface area contributed by atoms with Crippen molar-refractivity contribution in [3.05, 3.63) is 59.4 Å². The first-order valence-corrected chi connectivity index (χ1v) is 8.40. The van der Waals surface area contributed by atoms with E-state index < -0.39 is 0 Å². The molecular weight excluding hydrogens is 332 g/mol. The van der Waals surface area contributed by atoms with Crippen molar-refractivity contribution in [1.82, 2.24) is 14.8 Å². The van der Waals surface area contributed by atoms with Crippen LogP contribution in [-0.2, 0) is 4.79 Å². The third-order valence-electron chi connectivity index (χ3n) is 4.38. The number of hydrogen-bond donors (Lipinski definition) is 1. The molecule has 1 aromatic carbocycles. The predicted molar refractivity (Wildman–Crippen MR) is 96.9 cm³/mol. The highest BCUT2D eigenvalue weighted by Crippen LogP contribution is 2.15. The van der Waals surface area contributed by atoms with E-state index in [4.69, 9.17) is 0 Å². The highest BCUT2D eigenvalue weighted by atomic mass is 16.2. The molecule has 0 radical (unpaired) electrons. The van der Waals surface area contributed by atoms with Crippen molar-refractivity contribution in [2.45, 2.75) is 6.92 Å². The van der Waals surface area contributed by atoms with Gasteiger partial charge >= 0.3 is 0 Å². The first kappa shape index (κ1) is 17.6. The van der Waals surface area contributed by atoms with E-state index >= 15 is 0 Å². The molecule has 1 N–H and O–H groups in total. The van der Waals surface area contributed by atoms with E-state index in [-0.39, 0.29) is 17.5 Å². The van der Waals surface area contributed by atoms with Gasteiger partial charge in [0.05, 0.1) is 0 Å². The number of para-hydroxylation sites is 1. The lowest BCUT2D eigenvalue weighted by atomic mass is 10.1. The summed E-state index contributed by atoms with van der Waals surface area (Å²) >= 11 is 0. The van der Waals surface area contributed by atoms with Gasteiger partial charge in [-0.15, -0.1) is 0 Å². The molecule has 2 aromatic rings. The van der Waals surface area contributed by atoms with E-state index in [0.717, 1.165) is 12.0 Å². The maximum Gasteiger partial charge on any atom is 0.274 e. The third-order valence-corrected chi connectivity index (χ3v) is 4.38. The average molecular weight is 352 g/mol. The van der Waals surface area contributed by atoms with Crippen molar-refractivity contribution in [3.63, 3.8) is 0 Å². The number of benzene rings is 1. The van der Waals surface area contributed by atoms with Crippen molar-refractivity contribution in [3.8, 4) is 0 Å². The van der Waals surface area contributed by atoms with Gasteiger partial charge < -0.3 is 15.1 Å². The molecule has 0 atom stereocenters. The van der Waals surface area contributed by atoms with Crippen molar-refractivity contribution >= 4 is 23.9 Å². The number of nitrogens with zero attached hydrogens (tertiary/aromatic N) is 3. The van der Waals surface area contributed by atoms with Crippen LogP contribution in [0.25, 0.3) is 0 Å². The summed E-state index contributed by atoms with van der Waals surface area (Å²) < 4.78 is 0. The normalized spacial score (nSPS) is 14.0. The first-order valence-electron chi connectivity index (χ1n) is 8.40. The predicted octanol–water partition coefficient (Wildman–Crippen LogP) is 1.56. The maximum atomic E-state index is 12.6. The minimum Gasteiger partial charge on any atom is -0.342 e. The zero-order valence-corrected chi connectivity index (χ0v) is 14.5. The number of carbonyl (C=O) groups is 3. The summed E-state index contributed by atoms with van der Waals surface area (Å²) in [4.78, 5) is 43.3. The number of nitrogens with one attached hydrogen (secondary N) is 1. The van der Waals surface area contributed by atoms with Crippen LogP contribution in [0, 0.1) is 6.92 Å². The second-order valence-electron chi connectivity index (χ2n) is 6.13. The second kappa shape index (κ2) is 7.77. The van der Waals surface area contributed by atoms with Gasteiger partial charge in [-0.1, -0.05) is 18.2 Å². The van der Waals surface area contributed by atoms with E-state index in [1.54, 1.807) is 15.9 Å². The summed E-state index contributed by atoms with van der Waals surface area (Å²) in [5, 5.41) is 2.81. The number of aromatic nitrogens is 1. The van der Waals surface area contributed by atoms with Gasteiger partial charge in [0.2, 0.25) is 6.41 Å². The van der Waals surface area contributed by atoms with E-state index in [0.29, 0.717) is 37.4 Å². The fourth-order valence-corrected chi connectivity index (χ4v) is 2.80. The van der Waals surface area contributed by atoms with Crippen LogP contribution in [-0.4, -0.2) is 59.2 Å². The fraction of sp³-hybridized carbons (Fsp3) is 0.263. The van der Waals surface area contributed by atoms with Crippen molar-refractivity contribution < 1.29 is 14.4 Å². The first-order chi connectivity index (χ1) is 12.6. The number of carbonyl (C=O) groups excluding carboxylic acids is 3. The van der Waals surface area contributed by atoms with Crippen LogP contribution in [0.1, 0.15) is 26.4 Å². The third kappa shape index (κ3) is 3.88. The quantitative estimate of drug-likeness (QED) is 0.847. The number of piperazine rings is 1. The number of rotatable bonds is 4. The van der Waals surface area contributed by atoms with Crippen LogP contribution in [0.3, 0.4) is 0 Å². The Morgan fingerprint density at radius 3 is 2.54 bits per heavy atom. The standard InChI is InChI=1S/C19H20N4O3/c1-14-4-2-3-5-16(14)21-18(25)17-12-15(6-7-20-17)19(26)23-10-8-22(13-24)9-11-23/h2-7,12-13H,8-11H2,1H3,(H,21,25). The number of anilines is 1. The second-order valence-corrected chi connectivity index (χ2v) is 6.13. The van der Waals surface area contributed by atoms with E-state index in [9.17, 15) is 14.4 Å². The van der Waals surface area contributed by atoms with Gasteiger partial charge in [-0.05, 0) is 30.7 Å². The zero-order valence-electron chi connectivity index (χ0n) is 14.5. The largest absolute Gasteiger partial charge is 0.342 e. The molecule has 0 bridgehead atoms.